The Morgan fingerprint density at radius 3 is 2.34 bits per heavy atom. The van der Waals surface area contributed by atoms with E-state index in [1.54, 1.807) is 0 Å². The quantitative estimate of drug-likeness (QED) is 0.189. The third-order valence-corrected chi connectivity index (χ3v) is 5.75. The Labute approximate surface area is 186 Å². The number of hydrogen-bond acceptors (Lipinski definition) is 5. The van der Waals surface area contributed by atoms with Crippen molar-refractivity contribution in [3.63, 3.8) is 0 Å². The van der Waals surface area contributed by atoms with Crippen molar-refractivity contribution in [2.75, 3.05) is 6.61 Å². The van der Waals surface area contributed by atoms with E-state index in [9.17, 15) is 10.0 Å². The minimum atomic E-state index is -0.337. The molecule has 0 aliphatic rings. The zero-order valence-corrected chi connectivity index (χ0v) is 18.4. The van der Waals surface area contributed by atoms with Crippen LogP contribution in [0.2, 0.25) is 0 Å². The average Bonchev–Trinajstić information content (AvgIpc) is 2.80. The highest BCUT2D eigenvalue weighted by Crippen LogP contribution is 2.30. The second kappa shape index (κ2) is 9.10. The van der Waals surface area contributed by atoms with E-state index in [1.165, 1.54) is 0 Å². The summed E-state index contributed by atoms with van der Waals surface area (Å²) in [5, 5.41) is 13.7. The fraction of sp³-hybridized carbons (Fsp3) is 0.185. The normalized spacial score (nSPS) is 11.7. The van der Waals surface area contributed by atoms with E-state index >= 15 is 0 Å². The maximum absolute atomic E-state index is 12.8. The maximum atomic E-state index is 12.8. The Kier molecular flexibility index (Phi) is 6.08. The molecule has 0 aliphatic carbocycles. The Morgan fingerprint density at radius 1 is 0.938 bits per heavy atom. The van der Waals surface area contributed by atoms with Crippen molar-refractivity contribution in [3.05, 3.63) is 111 Å². The van der Waals surface area contributed by atoms with Gasteiger partial charge in [-0.3, -0.25) is 0 Å². The van der Waals surface area contributed by atoms with Gasteiger partial charge in [0.1, 0.15) is 23.7 Å². The molecule has 1 heterocycles. The summed E-state index contributed by atoms with van der Waals surface area (Å²) in [7, 11) is 0. The van der Waals surface area contributed by atoms with Gasteiger partial charge in [-0.05, 0) is 44.0 Å². The Balaban J connectivity index is 1.63. The third-order valence-electron chi connectivity index (χ3n) is 5.75. The molecule has 1 aromatic heterocycles. The van der Waals surface area contributed by atoms with Crippen LogP contribution in [0.3, 0.4) is 0 Å². The standard InChI is InChI=1S/C27H25NO4/c1-17-9-11-21(12-10-17)24(28-30)16-31-25-14-13-22-18(2)23(15-20-7-5-4-6-8-20)27(29)32-26(22)19(25)3/h4-14,30H,15-16H2,1-3H3/b28-24-. The highest BCUT2D eigenvalue weighted by atomic mass is 16.5. The number of fused-ring (bicyclic) bond motifs is 1. The van der Waals surface area contributed by atoms with E-state index in [1.807, 2.05) is 87.5 Å². The molecule has 0 aliphatic heterocycles. The number of hydrogen-bond donors (Lipinski definition) is 1. The molecule has 0 atom stereocenters. The van der Waals surface area contributed by atoms with Gasteiger partial charge in [0.15, 0.2) is 0 Å². The molecule has 0 amide bonds. The molecule has 0 radical (unpaired) electrons. The number of ether oxygens (including phenoxy) is 1. The number of aryl methyl sites for hydroxylation is 3. The summed E-state index contributed by atoms with van der Waals surface area (Å²) in [4.78, 5) is 12.8. The van der Waals surface area contributed by atoms with Gasteiger partial charge in [-0.1, -0.05) is 65.3 Å². The van der Waals surface area contributed by atoms with Gasteiger partial charge in [-0.25, -0.2) is 4.79 Å². The lowest BCUT2D eigenvalue weighted by Crippen LogP contribution is -2.14. The molecule has 4 rings (SSSR count). The van der Waals surface area contributed by atoms with E-state index < -0.39 is 0 Å². The Bertz CT molecular complexity index is 1340. The van der Waals surface area contributed by atoms with Crippen LogP contribution >= 0.6 is 0 Å². The van der Waals surface area contributed by atoms with Crippen LogP contribution in [0.4, 0.5) is 0 Å². The summed E-state index contributed by atoms with van der Waals surface area (Å²) < 4.78 is 11.7. The largest absolute Gasteiger partial charge is 0.487 e. The van der Waals surface area contributed by atoms with Crippen molar-refractivity contribution in [2.45, 2.75) is 27.2 Å². The summed E-state index contributed by atoms with van der Waals surface area (Å²) >= 11 is 0. The SMILES string of the molecule is Cc1ccc(/C(COc2ccc3c(C)c(Cc4ccccc4)c(=O)oc3c2C)=N\O)cc1. The lowest BCUT2D eigenvalue weighted by molar-refractivity contribution is 0.308. The molecule has 0 saturated carbocycles. The first-order valence-electron chi connectivity index (χ1n) is 10.5. The van der Waals surface area contributed by atoms with Crippen molar-refractivity contribution in [1.82, 2.24) is 0 Å². The van der Waals surface area contributed by atoms with Gasteiger partial charge in [0.2, 0.25) is 0 Å². The zero-order valence-electron chi connectivity index (χ0n) is 18.4. The molecule has 0 unspecified atom stereocenters. The highest BCUT2D eigenvalue weighted by molar-refractivity contribution is 6.01. The van der Waals surface area contributed by atoms with Crippen molar-refractivity contribution in [2.24, 2.45) is 5.16 Å². The fourth-order valence-corrected chi connectivity index (χ4v) is 3.79. The number of nitrogens with zero attached hydrogens (tertiary/aromatic N) is 1. The first-order chi connectivity index (χ1) is 15.5. The van der Waals surface area contributed by atoms with Crippen molar-refractivity contribution in [3.8, 4) is 5.75 Å². The Morgan fingerprint density at radius 2 is 1.66 bits per heavy atom. The summed E-state index contributed by atoms with van der Waals surface area (Å²) in [6, 6.07) is 21.3. The molecule has 0 fully saturated rings. The van der Waals surface area contributed by atoms with Crippen molar-refractivity contribution >= 4 is 16.7 Å². The third kappa shape index (κ3) is 4.28. The second-order valence-electron chi connectivity index (χ2n) is 7.92. The van der Waals surface area contributed by atoms with Gasteiger partial charge in [0.05, 0.1) is 0 Å². The average molecular weight is 428 g/mol. The fourth-order valence-electron chi connectivity index (χ4n) is 3.79. The molecule has 5 heteroatoms. The van der Waals surface area contributed by atoms with Crippen LogP contribution in [-0.2, 0) is 6.42 Å². The lowest BCUT2D eigenvalue weighted by atomic mass is 9.98. The molecule has 5 nitrogen and oxygen atoms in total. The van der Waals surface area contributed by atoms with Crippen LogP contribution in [0, 0.1) is 20.8 Å². The molecule has 3 aromatic carbocycles. The summed E-state index contributed by atoms with van der Waals surface area (Å²) in [5.41, 5.74) is 5.86. The topological polar surface area (TPSA) is 72.0 Å². The molecule has 0 bridgehead atoms. The van der Waals surface area contributed by atoms with Crippen LogP contribution < -0.4 is 10.4 Å². The smallest absolute Gasteiger partial charge is 0.340 e. The Hall–Kier alpha value is -3.86. The van der Waals surface area contributed by atoms with Gasteiger partial charge in [-0.15, -0.1) is 0 Å². The molecular formula is C27H25NO4. The maximum Gasteiger partial charge on any atom is 0.340 e. The summed E-state index contributed by atoms with van der Waals surface area (Å²) in [6.07, 6.45) is 0.523. The van der Waals surface area contributed by atoms with E-state index in [0.29, 0.717) is 29.0 Å². The molecule has 1 N–H and O–H groups in total. The first kappa shape index (κ1) is 21.4. The molecular weight excluding hydrogens is 402 g/mol. The minimum Gasteiger partial charge on any atom is -0.487 e. The molecule has 4 aromatic rings. The van der Waals surface area contributed by atoms with Gasteiger partial charge in [0.25, 0.3) is 0 Å². The van der Waals surface area contributed by atoms with Crippen LogP contribution in [0.5, 0.6) is 5.75 Å². The van der Waals surface area contributed by atoms with Crippen LogP contribution in [0.1, 0.15) is 33.4 Å². The monoisotopic (exact) mass is 427 g/mol. The van der Waals surface area contributed by atoms with Crippen LogP contribution in [0.15, 0.2) is 81.1 Å². The number of rotatable bonds is 6. The highest BCUT2D eigenvalue weighted by Gasteiger charge is 2.16. The van der Waals surface area contributed by atoms with E-state index in [-0.39, 0.29) is 12.2 Å². The van der Waals surface area contributed by atoms with E-state index in [2.05, 4.69) is 5.16 Å². The number of oxime groups is 1. The van der Waals surface area contributed by atoms with Crippen molar-refractivity contribution < 1.29 is 14.4 Å². The van der Waals surface area contributed by atoms with Gasteiger partial charge >= 0.3 is 5.63 Å². The second-order valence-corrected chi connectivity index (χ2v) is 7.92. The molecule has 162 valence electrons. The zero-order chi connectivity index (χ0) is 22.7. The van der Waals surface area contributed by atoms with Gasteiger partial charge < -0.3 is 14.4 Å². The van der Waals surface area contributed by atoms with Crippen LogP contribution in [0.25, 0.3) is 11.0 Å². The predicted molar refractivity (Wildman–Crippen MR) is 126 cm³/mol. The first-order valence-corrected chi connectivity index (χ1v) is 10.5. The van der Waals surface area contributed by atoms with Crippen LogP contribution in [-0.4, -0.2) is 17.5 Å². The summed E-state index contributed by atoms with van der Waals surface area (Å²) in [6.45, 7) is 5.89. The predicted octanol–water partition coefficient (Wildman–Crippen LogP) is 5.57. The number of benzene rings is 3. The molecule has 0 spiro atoms. The van der Waals surface area contributed by atoms with Crippen molar-refractivity contribution in [1.29, 1.82) is 0 Å². The van der Waals surface area contributed by atoms with E-state index in [0.717, 1.165) is 33.2 Å². The lowest BCUT2D eigenvalue weighted by Gasteiger charge is -2.14. The molecule has 0 saturated heterocycles. The van der Waals surface area contributed by atoms with Gasteiger partial charge in [-0.2, -0.15) is 0 Å². The van der Waals surface area contributed by atoms with E-state index in [4.69, 9.17) is 9.15 Å². The molecule has 32 heavy (non-hydrogen) atoms. The summed E-state index contributed by atoms with van der Waals surface area (Å²) in [5.74, 6) is 0.573. The van der Waals surface area contributed by atoms with Gasteiger partial charge in [0, 0.05) is 28.5 Å². The minimum absolute atomic E-state index is 0.0845.